The van der Waals surface area contributed by atoms with Crippen LogP contribution in [0.2, 0.25) is 0 Å². The van der Waals surface area contributed by atoms with E-state index < -0.39 is 5.63 Å². The summed E-state index contributed by atoms with van der Waals surface area (Å²) in [5.41, 5.74) is 8.51. The first-order valence-electron chi connectivity index (χ1n) is 8.88. The van der Waals surface area contributed by atoms with E-state index >= 15 is 0 Å². The highest BCUT2D eigenvalue weighted by atomic mass is 32.1. The summed E-state index contributed by atoms with van der Waals surface area (Å²) in [6.45, 7) is 5.93. The van der Waals surface area contributed by atoms with Crippen LogP contribution >= 0.6 is 11.3 Å². The molecule has 0 saturated carbocycles. The summed E-state index contributed by atoms with van der Waals surface area (Å²) in [5.74, 6) is 0. The van der Waals surface area contributed by atoms with Gasteiger partial charge in [-0.2, -0.15) is 5.10 Å². The summed E-state index contributed by atoms with van der Waals surface area (Å²) in [6.07, 6.45) is 0. The second-order valence-corrected chi connectivity index (χ2v) is 7.51. The number of anilines is 1. The van der Waals surface area contributed by atoms with Crippen molar-refractivity contribution in [2.24, 2.45) is 5.10 Å². The van der Waals surface area contributed by atoms with Crippen LogP contribution in [-0.2, 0) is 0 Å². The van der Waals surface area contributed by atoms with Gasteiger partial charge >= 0.3 is 5.63 Å². The number of hydrogen-bond acceptors (Lipinski definition) is 6. The lowest BCUT2D eigenvalue weighted by atomic mass is 10.0. The number of nitrogens with one attached hydrogen (secondary N) is 1. The van der Waals surface area contributed by atoms with Crippen LogP contribution in [0, 0.1) is 13.8 Å². The van der Waals surface area contributed by atoms with Crippen LogP contribution in [0.25, 0.3) is 22.2 Å². The SMILES string of the molecule is C/C(=N/Nc1nc(-c2ccc(C)cc2C)cs1)c1cc2ccccc2oc1=O. The number of para-hydroxylation sites is 1. The smallest absolute Gasteiger partial charge is 0.345 e. The van der Waals surface area contributed by atoms with E-state index in [1.807, 2.05) is 23.6 Å². The minimum atomic E-state index is -0.406. The van der Waals surface area contributed by atoms with Crippen molar-refractivity contribution in [2.75, 3.05) is 5.43 Å². The Kier molecular flexibility index (Phi) is 4.79. The molecule has 0 bridgehead atoms. The molecule has 0 aliphatic heterocycles. The summed E-state index contributed by atoms with van der Waals surface area (Å²) in [5, 5.41) is 7.85. The number of aromatic nitrogens is 1. The Bertz CT molecular complexity index is 1250. The van der Waals surface area contributed by atoms with Gasteiger partial charge in [-0.15, -0.1) is 11.3 Å². The van der Waals surface area contributed by atoms with Crippen molar-refractivity contribution in [3.05, 3.63) is 81.0 Å². The van der Waals surface area contributed by atoms with Crippen LogP contribution in [0.4, 0.5) is 5.13 Å². The number of hydrogen-bond donors (Lipinski definition) is 1. The van der Waals surface area contributed by atoms with E-state index in [4.69, 9.17) is 4.42 Å². The standard InChI is InChI=1S/C22H19N3O2S/c1-13-8-9-17(14(2)10-13)19-12-28-22(23-19)25-24-15(3)18-11-16-6-4-5-7-20(16)27-21(18)26/h4-12H,1-3H3,(H,23,25)/b24-15-. The third-order valence-electron chi connectivity index (χ3n) is 4.51. The Hall–Kier alpha value is -3.25. The van der Waals surface area contributed by atoms with Crippen LogP contribution in [0.15, 0.2) is 68.2 Å². The first kappa shape index (κ1) is 18.1. The molecule has 2 aromatic heterocycles. The zero-order chi connectivity index (χ0) is 19.7. The molecule has 0 saturated heterocycles. The Morgan fingerprint density at radius 2 is 1.96 bits per heavy atom. The Morgan fingerprint density at radius 1 is 1.14 bits per heavy atom. The number of rotatable bonds is 4. The lowest BCUT2D eigenvalue weighted by molar-refractivity contribution is 0.559. The number of aryl methyl sites for hydroxylation is 2. The van der Waals surface area contributed by atoms with E-state index in [-0.39, 0.29) is 0 Å². The molecule has 0 amide bonds. The minimum absolute atomic E-state index is 0.406. The minimum Gasteiger partial charge on any atom is -0.422 e. The highest BCUT2D eigenvalue weighted by Gasteiger charge is 2.10. The number of hydrazone groups is 1. The fourth-order valence-electron chi connectivity index (χ4n) is 3.06. The molecule has 2 aromatic carbocycles. The van der Waals surface area contributed by atoms with Gasteiger partial charge in [0.15, 0.2) is 0 Å². The average molecular weight is 389 g/mol. The molecular formula is C22H19N3O2S. The lowest BCUT2D eigenvalue weighted by Gasteiger charge is -2.04. The molecule has 4 aromatic rings. The van der Waals surface area contributed by atoms with E-state index in [9.17, 15) is 4.79 Å². The highest BCUT2D eigenvalue weighted by Crippen LogP contribution is 2.28. The van der Waals surface area contributed by atoms with Crippen LogP contribution < -0.4 is 11.1 Å². The summed E-state index contributed by atoms with van der Waals surface area (Å²) < 4.78 is 5.37. The van der Waals surface area contributed by atoms with Crippen LogP contribution in [-0.4, -0.2) is 10.7 Å². The number of benzene rings is 2. The molecule has 0 radical (unpaired) electrons. The second kappa shape index (κ2) is 7.40. The molecule has 6 heteroatoms. The first-order valence-corrected chi connectivity index (χ1v) is 9.76. The maximum atomic E-state index is 12.3. The van der Waals surface area contributed by atoms with Gasteiger partial charge in [0, 0.05) is 16.3 Å². The Morgan fingerprint density at radius 3 is 2.79 bits per heavy atom. The molecule has 0 aliphatic carbocycles. The number of fused-ring (bicyclic) bond motifs is 1. The molecule has 1 N–H and O–H groups in total. The van der Waals surface area contributed by atoms with E-state index in [0.717, 1.165) is 16.6 Å². The van der Waals surface area contributed by atoms with E-state index in [1.54, 1.807) is 19.1 Å². The average Bonchev–Trinajstić information content (AvgIpc) is 3.14. The van der Waals surface area contributed by atoms with Crippen molar-refractivity contribution in [1.29, 1.82) is 0 Å². The van der Waals surface area contributed by atoms with Gasteiger partial charge < -0.3 is 4.42 Å². The molecule has 2 heterocycles. The van der Waals surface area contributed by atoms with Crippen molar-refractivity contribution >= 4 is 33.1 Å². The zero-order valence-corrected chi connectivity index (χ0v) is 16.6. The van der Waals surface area contributed by atoms with Gasteiger partial charge in [-0.1, -0.05) is 42.0 Å². The van der Waals surface area contributed by atoms with Gasteiger partial charge in [-0.05, 0) is 38.5 Å². The summed E-state index contributed by atoms with van der Waals surface area (Å²) in [7, 11) is 0. The quantitative estimate of drug-likeness (QED) is 0.289. The third-order valence-corrected chi connectivity index (χ3v) is 5.26. The summed E-state index contributed by atoms with van der Waals surface area (Å²) in [6, 6.07) is 15.5. The van der Waals surface area contributed by atoms with E-state index in [1.165, 1.54) is 22.5 Å². The molecule has 0 fully saturated rings. The molecule has 0 spiro atoms. The van der Waals surface area contributed by atoms with Gasteiger partial charge in [-0.25, -0.2) is 9.78 Å². The van der Waals surface area contributed by atoms with Crippen molar-refractivity contribution < 1.29 is 4.42 Å². The van der Waals surface area contributed by atoms with Gasteiger partial charge in [0.05, 0.1) is 17.0 Å². The van der Waals surface area contributed by atoms with Crippen molar-refractivity contribution in [2.45, 2.75) is 20.8 Å². The maximum Gasteiger partial charge on any atom is 0.345 e. The highest BCUT2D eigenvalue weighted by molar-refractivity contribution is 7.14. The summed E-state index contributed by atoms with van der Waals surface area (Å²) in [4.78, 5) is 16.9. The third kappa shape index (κ3) is 3.59. The molecule has 140 valence electrons. The monoisotopic (exact) mass is 389 g/mol. The molecule has 5 nitrogen and oxygen atoms in total. The molecular weight excluding hydrogens is 370 g/mol. The molecule has 0 atom stereocenters. The first-order chi connectivity index (χ1) is 13.5. The number of nitrogens with zero attached hydrogens (tertiary/aromatic N) is 2. The van der Waals surface area contributed by atoms with Crippen molar-refractivity contribution in [1.82, 2.24) is 4.98 Å². The summed E-state index contributed by atoms with van der Waals surface area (Å²) >= 11 is 1.47. The molecule has 28 heavy (non-hydrogen) atoms. The zero-order valence-electron chi connectivity index (χ0n) is 15.8. The predicted molar refractivity (Wildman–Crippen MR) is 115 cm³/mol. The normalized spacial score (nSPS) is 11.8. The van der Waals surface area contributed by atoms with Crippen LogP contribution in [0.5, 0.6) is 0 Å². The van der Waals surface area contributed by atoms with Crippen LogP contribution in [0.1, 0.15) is 23.6 Å². The Labute approximate surface area is 166 Å². The second-order valence-electron chi connectivity index (χ2n) is 6.65. The van der Waals surface area contributed by atoms with Gasteiger partial charge in [-0.3, -0.25) is 5.43 Å². The maximum absolute atomic E-state index is 12.3. The topological polar surface area (TPSA) is 67.5 Å². The predicted octanol–water partition coefficient (Wildman–Crippen LogP) is 5.37. The van der Waals surface area contributed by atoms with E-state index in [2.05, 4.69) is 47.6 Å². The van der Waals surface area contributed by atoms with Crippen molar-refractivity contribution in [3.63, 3.8) is 0 Å². The fourth-order valence-corrected chi connectivity index (χ4v) is 3.71. The largest absolute Gasteiger partial charge is 0.422 e. The molecule has 0 aliphatic rings. The fraction of sp³-hybridized carbons (Fsp3) is 0.136. The van der Waals surface area contributed by atoms with Gasteiger partial charge in [0.1, 0.15) is 5.58 Å². The molecule has 4 rings (SSSR count). The van der Waals surface area contributed by atoms with Gasteiger partial charge in [0.25, 0.3) is 0 Å². The number of thiazole rings is 1. The molecule has 0 unspecified atom stereocenters. The van der Waals surface area contributed by atoms with Gasteiger partial charge in [0.2, 0.25) is 5.13 Å². The van der Waals surface area contributed by atoms with Crippen LogP contribution in [0.3, 0.4) is 0 Å². The van der Waals surface area contributed by atoms with Crippen molar-refractivity contribution in [3.8, 4) is 11.3 Å². The van der Waals surface area contributed by atoms with E-state index in [0.29, 0.717) is 22.0 Å². The Balaban J connectivity index is 1.59. The lowest BCUT2D eigenvalue weighted by Crippen LogP contribution is -2.13.